The first-order chi connectivity index (χ1) is 7.31. The summed E-state index contributed by atoms with van der Waals surface area (Å²) < 4.78 is 0. The highest BCUT2D eigenvalue weighted by Gasteiger charge is 2.26. The van der Waals surface area contributed by atoms with Crippen LogP contribution in [0.4, 0.5) is 5.82 Å². The fourth-order valence-corrected chi connectivity index (χ4v) is 1.68. The van der Waals surface area contributed by atoms with Gasteiger partial charge in [-0.15, -0.1) is 0 Å². The van der Waals surface area contributed by atoms with Gasteiger partial charge in [-0.2, -0.15) is 0 Å². The summed E-state index contributed by atoms with van der Waals surface area (Å²) in [4.78, 5) is 6.69. The van der Waals surface area contributed by atoms with Crippen LogP contribution in [0.3, 0.4) is 0 Å². The lowest BCUT2D eigenvalue weighted by molar-refractivity contribution is 0.725. The van der Waals surface area contributed by atoms with Gasteiger partial charge in [-0.1, -0.05) is 6.92 Å². The molecular formula is C12H19N3. The van der Waals surface area contributed by atoms with E-state index in [0.29, 0.717) is 0 Å². The minimum atomic E-state index is 0.729. The lowest BCUT2D eigenvalue weighted by Gasteiger charge is -2.17. The fourth-order valence-electron chi connectivity index (χ4n) is 1.68. The number of aromatic nitrogens is 1. The summed E-state index contributed by atoms with van der Waals surface area (Å²) in [6.07, 6.45) is 4.53. The Morgan fingerprint density at radius 1 is 1.53 bits per heavy atom. The van der Waals surface area contributed by atoms with Gasteiger partial charge < -0.3 is 10.2 Å². The largest absolute Gasteiger partial charge is 0.357 e. The van der Waals surface area contributed by atoms with Gasteiger partial charge in [0.1, 0.15) is 5.82 Å². The maximum Gasteiger partial charge on any atom is 0.128 e. The molecular weight excluding hydrogens is 186 g/mol. The topological polar surface area (TPSA) is 28.2 Å². The molecule has 0 unspecified atom stereocenters. The first kappa shape index (κ1) is 10.4. The maximum atomic E-state index is 4.41. The molecule has 15 heavy (non-hydrogen) atoms. The average molecular weight is 205 g/mol. The molecule has 1 fully saturated rings. The molecule has 1 saturated carbocycles. The molecule has 0 radical (unpaired) electrons. The van der Waals surface area contributed by atoms with E-state index < -0.39 is 0 Å². The smallest absolute Gasteiger partial charge is 0.128 e. The van der Waals surface area contributed by atoms with Crippen LogP contribution in [0, 0.1) is 0 Å². The van der Waals surface area contributed by atoms with Crippen LogP contribution in [0.25, 0.3) is 0 Å². The Labute approximate surface area is 91.5 Å². The van der Waals surface area contributed by atoms with Gasteiger partial charge in [0, 0.05) is 25.8 Å². The molecule has 0 amide bonds. The van der Waals surface area contributed by atoms with Crippen molar-refractivity contribution in [3.63, 3.8) is 0 Å². The third-order valence-corrected chi connectivity index (χ3v) is 2.85. The number of rotatable bonds is 5. The Balaban J connectivity index is 2.04. The molecule has 1 N–H and O–H groups in total. The van der Waals surface area contributed by atoms with Gasteiger partial charge in [-0.25, -0.2) is 4.98 Å². The number of nitrogens with zero attached hydrogens (tertiary/aromatic N) is 2. The van der Waals surface area contributed by atoms with Crippen LogP contribution in [0.1, 0.15) is 25.3 Å². The molecule has 0 spiro atoms. The molecule has 0 bridgehead atoms. The SMILES string of the molecule is CCNCc1ccnc(N(C)C2CC2)c1. The van der Waals surface area contributed by atoms with Crippen molar-refractivity contribution in [3.05, 3.63) is 23.9 Å². The van der Waals surface area contributed by atoms with E-state index in [1.165, 1.54) is 18.4 Å². The van der Waals surface area contributed by atoms with Crippen molar-refractivity contribution in [2.75, 3.05) is 18.5 Å². The van der Waals surface area contributed by atoms with E-state index >= 15 is 0 Å². The zero-order valence-corrected chi connectivity index (χ0v) is 9.53. The molecule has 1 heterocycles. The molecule has 0 aromatic carbocycles. The first-order valence-electron chi connectivity index (χ1n) is 5.69. The summed E-state index contributed by atoms with van der Waals surface area (Å²) in [5, 5.41) is 3.33. The zero-order chi connectivity index (χ0) is 10.7. The summed E-state index contributed by atoms with van der Waals surface area (Å²) in [5.74, 6) is 1.10. The van der Waals surface area contributed by atoms with Crippen molar-refractivity contribution < 1.29 is 0 Å². The van der Waals surface area contributed by atoms with Gasteiger partial charge >= 0.3 is 0 Å². The van der Waals surface area contributed by atoms with E-state index in [9.17, 15) is 0 Å². The molecule has 2 rings (SSSR count). The Bertz CT molecular complexity index is 320. The minimum Gasteiger partial charge on any atom is -0.357 e. The predicted octanol–water partition coefficient (Wildman–Crippen LogP) is 1.79. The van der Waals surface area contributed by atoms with E-state index in [1.54, 1.807) is 0 Å². The van der Waals surface area contributed by atoms with Crippen molar-refractivity contribution >= 4 is 5.82 Å². The Morgan fingerprint density at radius 2 is 2.33 bits per heavy atom. The second kappa shape index (κ2) is 4.62. The number of hydrogen-bond acceptors (Lipinski definition) is 3. The molecule has 0 saturated heterocycles. The number of pyridine rings is 1. The van der Waals surface area contributed by atoms with E-state index in [-0.39, 0.29) is 0 Å². The van der Waals surface area contributed by atoms with Crippen molar-refractivity contribution in [3.8, 4) is 0 Å². The third-order valence-electron chi connectivity index (χ3n) is 2.85. The van der Waals surface area contributed by atoms with Gasteiger partial charge in [0.2, 0.25) is 0 Å². The monoisotopic (exact) mass is 205 g/mol. The van der Waals surface area contributed by atoms with Crippen molar-refractivity contribution in [2.24, 2.45) is 0 Å². The van der Waals surface area contributed by atoms with Crippen LogP contribution in [-0.2, 0) is 6.54 Å². The molecule has 3 nitrogen and oxygen atoms in total. The summed E-state index contributed by atoms with van der Waals surface area (Å²) in [6.45, 7) is 4.07. The highest BCUT2D eigenvalue weighted by Crippen LogP contribution is 2.29. The van der Waals surface area contributed by atoms with Crippen LogP contribution >= 0.6 is 0 Å². The van der Waals surface area contributed by atoms with Gasteiger partial charge in [-0.3, -0.25) is 0 Å². The van der Waals surface area contributed by atoms with Crippen molar-refractivity contribution in [2.45, 2.75) is 32.4 Å². The van der Waals surface area contributed by atoms with Gasteiger partial charge in [-0.05, 0) is 37.1 Å². The molecule has 82 valence electrons. The van der Waals surface area contributed by atoms with Crippen LogP contribution < -0.4 is 10.2 Å². The zero-order valence-electron chi connectivity index (χ0n) is 9.53. The van der Waals surface area contributed by atoms with Crippen LogP contribution in [0.2, 0.25) is 0 Å². The van der Waals surface area contributed by atoms with Crippen LogP contribution in [0.5, 0.6) is 0 Å². The minimum absolute atomic E-state index is 0.729. The van der Waals surface area contributed by atoms with Gasteiger partial charge in [0.15, 0.2) is 0 Å². The second-order valence-electron chi connectivity index (χ2n) is 4.14. The highest BCUT2D eigenvalue weighted by molar-refractivity contribution is 5.42. The lowest BCUT2D eigenvalue weighted by Crippen LogP contribution is -2.21. The van der Waals surface area contributed by atoms with E-state index in [0.717, 1.165) is 24.9 Å². The normalized spacial score (nSPS) is 15.3. The fraction of sp³-hybridized carbons (Fsp3) is 0.583. The predicted molar refractivity (Wildman–Crippen MR) is 63.0 cm³/mol. The molecule has 1 aliphatic carbocycles. The molecule has 1 aromatic heterocycles. The van der Waals surface area contributed by atoms with Crippen LogP contribution in [-0.4, -0.2) is 24.6 Å². The number of nitrogens with one attached hydrogen (secondary N) is 1. The number of hydrogen-bond donors (Lipinski definition) is 1. The molecule has 1 aromatic rings. The summed E-state index contributed by atoms with van der Waals surface area (Å²) in [5.41, 5.74) is 1.31. The average Bonchev–Trinajstić information content (AvgIpc) is 3.09. The lowest BCUT2D eigenvalue weighted by atomic mass is 10.2. The molecule has 1 aliphatic rings. The molecule has 0 atom stereocenters. The van der Waals surface area contributed by atoms with E-state index in [4.69, 9.17) is 0 Å². The van der Waals surface area contributed by atoms with Crippen LogP contribution in [0.15, 0.2) is 18.3 Å². The van der Waals surface area contributed by atoms with Gasteiger partial charge in [0.05, 0.1) is 0 Å². The Hall–Kier alpha value is -1.09. The summed E-state index contributed by atoms with van der Waals surface area (Å²) in [6, 6.07) is 4.99. The molecule has 0 aliphatic heterocycles. The number of anilines is 1. The summed E-state index contributed by atoms with van der Waals surface area (Å²) in [7, 11) is 2.14. The Kier molecular flexibility index (Phi) is 3.21. The van der Waals surface area contributed by atoms with Crippen molar-refractivity contribution in [1.82, 2.24) is 10.3 Å². The molecule has 3 heteroatoms. The quantitative estimate of drug-likeness (QED) is 0.794. The second-order valence-corrected chi connectivity index (χ2v) is 4.14. The van der Waals surface area contributed by atoms with Gasteiger partial charge in [0.25, 0.3) is 0 Å². The van der Waals surface area contributed by atoms with Crippen molar-refractivity contribution in [1.29, 1.82) is 0 Å². The Morgan fingerprint density at radius 3 is 3.00 bits per heavy atom. The third kappa shape index (κ3) is 2.69. The standard InChI is InChI=1S/C12H19N3/c1-3-13-9-10-6-7-14-12(8-10)15(2)11-4-5-11/h6-8,11,13H,3-5,9H2,1-2H3. The highest BCUT2D eigenvalue weighted by atomic mass is 15.2. The summed E-state index contributed by atoms with van der Waals surface area (Å²) >= 11 is 0. The van der Waals surface area contributed by atoms with E-state index in [1.807, 2.05) is 6.20 Å². The van der Waals surface area contributed by atoms with E-state index in [2.05, 4.69) is 41.3 Å². The first-order valence-corrected chi connectivity index (χ1v) is 5.69. The maximum absolute atomic E-state index is 4.41.